The first-order valence-electron chi connectivity index (χ1n) is 10.1. The monoisotopic (exact) mass is 416 g/mol. The van der Waals surface area contributed by atoms with Crippen LogP contribution in [-0.4, -0.2) is 58.4 Å². The largest absolute Gasteiger partial charge is 0.305 e. The Kier molecular flexibility index (Phi) is 4.78. The third-order valence-corrected chi connectivity index (χ3v) is 5.65. The van der Waals surface area contributed by atoms with Crippen molar-refractivity contribution in [3.8, 4) is 0 Å². The Labute approximate surface area is 178 Å². The summed E-state index contributed by atoms with van der Waals surface area (Å²) in [5.41, 5.74) is 4.23. The van der Waals surface area contributed by atoms with Crippen molar-refractivity contribution in [3.63, 3.8) is 0 Å². The first-order valence-corrected chi connectivity index (χ1v) is 10.1. The number of aliphatic imine (C=N–C) groups is 2. The summed E-state index contributed by atoms with van der Waals surface area (Å²) < 4.78 is 14.2. The van der Waals surface area contributed by atoms with E-state index in [0.29, 0.717) is 28.4 Å². The van der Waals surface area contributed by atoms with Gasteiger partial charge in [-0.2, -0.15) is 5.10 Å². The molecule has 2 aromatic carbocycles. The van der Waals surface area contributed by atoms with Crippen molar-refractivity contribution in [1.29, 1.82) is 0 Å². The summed E-state index contributed by atoms with van der Waals surface area (Å²) in [5.74, 6) is -0.605. The highest BCUT2D eigenvalue weighted by atomic mass is 19.1. The molecular formula is C23H21FN6O. The van der Waals surface area contributed by atoms with Crippen LogP contribution in [0, 0.1) is 5.82 Å². The van der Waals surface area contributed by atoms with Crippen LogP contribution in [0.25, 0.3) is 0 Å². The number of benzene rings is 2. The Morgan fingerprint density at radius 3 is 2.71 bits per heavy atom. The molecule has 0 aliphatic carbocycles. The average Bonchev–Trinajstić information content (AvgIpc) is 3.21. The highest BCUT2D eigenvalue weighted by Crippen LogP contribution is 2.42. The maximum Gasteiger partial charge on any atom is 0.185 e. The summed E-state index contributed by atoms with van der Waals surface area (Å²) >= 11 is 0. The topological polar surface area (TPSA) is 86.6 Å². The van der Waals surface area contributed by atoms with Crippen LogP contribution in [-0.2, 0) is 6.54 Å². The molecule has 3 heterocycles. The van der Waals surface area contributed by atoms with Gasteiger partial charge in [0.2, 0.25) is 0 Å². The van der Waals surface area contributed by atoms with Gasteiger partial charge in [0.05, 0.1) is 17.3 Å². The number of aromatic nitrogens is 3. The molecule has 3 aromatic rings. The predicted octanol–water partition coefficient (Wildman–Crippen LogP) is 3.27. The van der Waals surface area contributed by atoms with Gasteiger partial charge in [0.1, 0.15) is 24.5 Å². The Hall–Kier alpha value is -3.52. The van der Waals surface area contributed by atoms with Gasteiger partial charge in [0.15, 0.2) is 5.78 Å². The lowest BCUT2D eigenvalue weighted by Crippen LogP contribution is -2.28. The second-order valence-corrected chi connectivity index (χ2v) is 8.10. The molecule has 8 heteroatoms. The maximum atomic E-state index is 14.2. The Morgan fingerprint density at radius 2 is 2.00 bits per heavy atom. The number of hydrogen-bond acceptors (Lipinski definition) is 6. The van der Waals surface area contributed by atoms with Crippen LogP contribution in [0.15, 0.2) is 52.7 Å². The fraction of sp³-hybridized carbons (Fsp3) is 0.261. The summed E-state index contributed by atoms with van der Waals surface area (Å²) in [6.45, 7) is 0.817. The molecule has 2 atom stereocenters. The lowest BCUT2D eigenvalue weighted by molar-refractivity contribution is 0.0999. The van der Waals surface area contributed by atoms with Gasteiger partial charge in [0, 0.05) is 35.9 Å². The van der Waals surface area contributed by atoms with Crippen LogP contribution in [0.1, 0.15) is 44.7 Å². The van der Waals surface area contributed by atoms with Crippen LogP contribution in [0.3, 0.4) is 0 Å². The summed E-state index contributed by atoms with van der Waals surface area (Å²) in [6.07, 6.45) is 3.25. The number of hydrogen-bond donors (Lipinski definition) is 1. The normalized spacial score (nSPS) is 19.9. The highest BCUT2D eigenvalue weighted by Gasteiger charge is 2.38. The van der Waals surface area contributed by atoms with E-state index in [1.165, 1.54) is 24.0 Å². The molecule has 0 radical (unpaired) electrons. The van der Waals surface area contributed by atoms with Gasteiger partial charge in [-0.15, -0.1) is 0 Å². The van der Waals surface area contributed by atoms with Gasteiger partial charge in [-0.1, -0.05) is 24.3 Å². The fourth-order valence-corrected chi connectivity index (χ4v) is 4.33. The van der Waals surface area contributed by atoms with E-state index < -0.39 is 5.82 Å². The van der Waals surface area contributed by atoms with Crippen molar-refractivity contribution < 1.29 is 9.18 Å². The molecule has 2 aliphatic rings. The second-order valence-electron chi connectivity index (χ2n) is 8.10. The number of ketones is 1. The molecule has 2 aliphatic heterocycles. The molecule has 0 bridgehead atoms. The molecule has 0 amide bonds. The predicted molar refractivity (Wildman–Crippen MR) is 116 cm³/mol. The number of H-pyrrole nitrogens is 1. The van der Waals surface area contributed by atoms with Crippen LogP contribution in [0.5, 0.6) is 0 Å². The zero-order chi connectivity index (χ0) is 21.5. The number of nitrogens with zero attached hydrogens (tertiary/aromatic N) is 5. The van der Waals surface area contributed by atoms with E-state index in [4.69, 9.17) is 0 Å². The first-order chi connectivity index (χ1) is 15.0. The smallest absolute Gasteiger partial charge is 0.185 e. The molecule has 2 unspecified atom stereocenters. The quantitative estimate of drug-likeness (QED) is 0.707. The van der Waals surface area contributed by atoms with Gasteiger partial charge < -0.3 is 4.90 Å². The van der Waals surface area contributed by atoms with Crippen molar-refractivity contribution in [1.82, 2.24) is 20.1 Å². The minimum atomic E-state index is -0.483. The molecule has 5 rings (SSSR count). The first kappa shape index (κ1) is 19.4. The van der Waals surface area contributed by atoms with Crippen LogP contribution >= 0.6 is 0 Å². The van der Waals surface area contributed by atoms with Crippen LogP contribution < -0.4 is 0 Å². The van der Waals surface area contributed by atoms with Gasteiger partial charge in [-0.3, -0.25) is 19.9 Å². The molecule has 0 saturated heterocycles. The van der Waals surface area contributed by atoms with Gasteiger partial charge in [-0.05, 0) is 31.3 Å². The average molecular weight is 416 g/mol. The molecule has 31 heavy (non-hydrogen) atoms. The molecule has 0 fully saturated rings. The van der Waals surface area contributed by atoms with Crippen molar-refractivity contribution in [2.75, 3.05) is 20.6 Å². The minimum Gasteiger partial charge on any atom is -0.305 e. The zero-order valence-electron chi connectivity index (χ0n) is 17.2. The summed E-state index contributed by atoms with van der Waals surface area (Å²) in [7, 11) is 4.06. The van der Waals surface area contributed by atoms with Gasteiger partial charge in [0.25, 0.3) is 0 Å². The third-order valence-electron chi connectivity index (χ3n) is 5.65. The van der Waals surface area contributed by atoms with Crippen molar-refractivity contribution >= 4 is 23.4 Å². The molecule has 156 valence electrons. The number of Topliss-reactive ketones (excluding diaryl/α,β-unsaturated/α-hetero) is 1. The maximum absolute atomic E-state index is 14.2. The van der Waals surface area contributed by atoms with Crippen LogP contribution in [0.2, 0.25) is 0 Å². The van der Waals surface area contributed by atoms with Gasteiger partial charge >= 0.3 is 0 Å². The highest BCUT2D eigenvalue weighted by molar-refractivity contribution is 6.21. The van der Waals surface area contributed by atoms with E-state index in [1.807, 2.05) is 14.1 Å². The standard InChI is InChI=1S/C23H21FN6O/c1-30(2)11-13-3-5-14(6-4-13)17-9-25-18-8-15(24)7-16-19(31)10-26-22(20(16)18)21(17)23-27-12-28-29-23/h3-9,12,17,21H,10-11H2,1-2H3,(H,27,28,29). The number of carbonyl (C=O) groups is 1. The molecule has 0 spiro atoms. The van der Waals surface area contributed by atoms with E-state index in [1.54, 1.807) is 6.21 Å². The van der Waals surface area contributed by atoms with Crippen LogP contribution in [0.4, 0.5) is 10.1 Å². The van der Waals surface area contributed by atoms with E-state index in [-0.39, 0.29) is 24.2 Å². The van der Waals surface area contributed by atoms with E-state index >= 15 is 0 Å². The minimum absolute atomic E-state index is 0.0235. The Balaban J connectivity index is 1.66. The lowest BCUT2D eigenvalue weighted by atomic mass is 9.79. The summed E-state index contributed by atoms with van der Waals surface area (Å²) in [6, 6.07) is 11.0. The van der Waals surface area contributed by atoms with E-state index in [0.717, 1.165) is 12.1 Å². The number of halogens is 1. The Morgan fingerprint density at radius 1 is 1.19 bits per heavy atom. The van der Waals surface area contributed by atoms with Crippen molar-refractivity contribution in [2.24, 2.45) is 9.98 Å². The number of aromatic amines is 1. The van der Waals surface area contributed by atoms with Gasteiger partial charge in [-0.25, -0.2) is 9.37 Å². The number of carbonyl (C=O) groups excluding carboxylic acids is 1. The van der Waals surface area contributed by atoms with Crippen molar-refractivity contribution in [2.45, 2.75) is 18.4 Å². The number of nitrogens with one attached hydrogen (secondary N) is 1. The molecular weight excluding hydrogens is 395 g/mol. The molecule has 7 nitrogen and oxygen atoms in total. The van der Waals surface area contributed by atoms with E-state index in [2.05, 4.69) is 54.3 Å². The zero-order valence-corrected chi connectivity index (χ0v) is 17.2. The summed E-state index contributed by atoms with van der Waals surface area (Å²) in [5, 5.41) is 6.99. The lowest BCUT2D eigenvalue weighted by Gasteiger charge is -2.26. The molecule has 1 aromatic heterocycles. The Bertz CT molecular complexity index is 1200. The number of rotatable bonds is 4. The van der Waals surface area contributed by atoms with E-state index in [9.17, 15) is 9.18 Å². The SMILES string of the molecule is CN(C)Cc1ccc(C2C=Nc3cc(F)cc4c3C(=NCC4=O)C2c2ncn[nH]2)cc1. The van der Waals surface area contributed by atoms with Crippen molar-refractivity contribution in [3.05, 3.63) is 76.6 Å². The second kappa shape index (κ2) is 7.63. The fourth-order valence-electron chi connectivity index (χ4n) is 4.33. The summed E-state index contributed by atoms with van der Waals surface area (Å²) in [4.78, 5) is 28.2. The molecule has 1 N–H and O–H groups in total. The third kappa shape index (κ3) is 3.48. The molecule has 0 saturated carbocycles.